The number of halogens is 1. The molecule has 0 aliphatic rings. The van der Waals surface area contributed by atoms with Crippen molar-refractivity contribution in [2.24, 2.45) is 10.7 Å². The van der Waals surface area contributed by atoms with Gasteiger partial charge < -0.3 is 15.8 Å². The van der Waals surface area contributed by atoms with Crippen molar-refractivity contribution < 1.29 is 13.9 Å². The minimum absolute atomic E-state index is 0.132. The Hall–Kier alpha value is -2.15. The molecule has 0 aromatic heterocycles. The van der Waals surface area contributed by atoms with E-state index in [4.69, 9.17) is 10.5 Å². The van der Waals surface area contributed by atoms with Crippen LogP contribution in [0.1, 0.15) is 33.3 Å². The van der Waals surface area contributed by atoms with Gasteiger partial charge in [0.15, 0.2) is 0 Å². The van der Waals surface area contributed by atoms with Crippen LogP contribution in [0.3, 0.4) is 0 Å². The third-order valence-electron chi connectivity index (χ3n) is 2.66. The number of amides is 1. The van der Waals surface area contributed by atoms with Gasteiger partial charge in [0.1, 0.15) is 11.4 Å². The van der Waals surface area contributed by atoms with Gasteiger partial charge in [0.05, 0.1) is 5.69 Å². The summed E-state index contributed by atoms with van der Waals surface area (Å²) in [5.41, 5.74) is 5.85. The summed E-state index contributed by atoms with van der Waals surface area (Å²) >= 11 is 0. The average molecular weight is 324 g/mol. The van der Waals surface area contributed by atoms with Crippen molar-refractivity contribution in [3.63, 3.8) is 0 Å². The van der Waals surface area contributed by atoms with Gasteiger partial charge in [0.25, 0.3) is 0 Å². The Kier molecular flexibility index (Phi) is 6.96. The van der Waals surface area contributed by atoms with Gasteiger partial charge in [-0.15, -0.1) is 0 Å². The summed E-state index contributed by atoms with van der Waals surface area (Å²) in [7, 11) is 0. The fraction of sp³-hybridized carbons (Fsp3) is 0.500. The molecule has 1 amide bonds. The maximum atomic E-state index is 14.1. The van der Waals surface area contributed by atoms with Gasteiger partial charge in [-0.25, -0.2) is 9.18 Å². The van der Waals surface area contributed by atoms with E-state index >= 15 is 0 Å². The Morgan fingerprint density at radius 1 is 1.39 bits per heavy atom. The van der Waals surface area contributed by atoms with Crippen molar-refractivity contribution in [1.82, 2.24) is 5.32 Å². The lowest BCUT2D eigenvalue weighted by molar-refractivity contribution is 0.0563. The number of carbonyl (C=O) groups excluding carboxylic acids is 1. The Morgan fingerprint density at radius 2 is 2.09 bits per heavy atom. The first-order valence-electron chi connectivity index (χ1n) is 7.55. The number of hydrogen-bond donors (Lipinski definition) is 3. The Balaban J connectivity index is 2.81. The lowest BCUT2D eigenvalue weighted by Crippen LogP contribution is -2.40. The van der Waals surface area contributed by atoms with E-state index in [9.17, 15) is 9.18 Å². The molecule has 0 spiro atoms. The topological polar surface area (TPSA) is 88.7 Å². The quantitative estimate of drug-likeness (QED) is 0.587. The molecule has 0 aliphatic heterocycles. The van der Waals surface area contributed by atoms with Crippen molar-refractivity contribution >= 4 is 17.7 Å². The number of anilines is 1. The zero-order chi connectivity index (χ0) is 17.5. The summed E-state index contributed by atoms with van der Waals surface area (Å²) in [6, 6.07) is 4.77. The fourth-order valence-corrected chi connectivity index (χ4v) is 1.78. The number of aliphatic imine (C=N–C) groups is 1. The number of carbonyl (C=O) groups is 1. The van der Waals surface area contributed by atoms with Crippen molar-refractivity contribution in [2.75, 3.05) is 18.4 Å². The number of nitrogens with one attached hydrogen (secondary N) is 2. The minimum Gasteiger partial charge on any atom is -0.444 e. The summed E-state index contributed by atoms with van der Waals surface area (Å²) in [6.07, 6.45) is -0.0548. The second-order valence-corrected chi connectivity index (χ2v) is 5.93. The number of nitrogens with two attached hydrogens (primary N) is 1. The first-order chi connectivity index (χ1) is 10.7. The van der Waals surface area contributed by atoms with Crippen LogP contribution in [-0.4, -0.2) is 30.7 Å². The van der Waals surface area contributed by atoms with Crippen LogP contribution in [0, 0.1) is 5.82 Å². The molecule has 0 atom stereocenters. The van der Waals surface area contributed by atoms with Crippen molar-refractivity contribution in [1.29, 1.82) is 0 Å². The van der Waals surface area contributed by atoms with E-state index in [0.717, 1.165) is 5.56 Å². The highest BCUT2D eigenvalue weighted by Gasteiger charge is 2.18. The molecule has 1 aromatic carbocycles. The highest BCUT2D eigenvalue weighted by Crippen LogP contribution is 2.16. The number of nitrogens with zero attached hydrogens (tertiary/aromatic N) is 1. The molecule has 128 valence electrons. The molecule has 0 saturated heterocycles. The second kappa shape index (κ2) is 8.47. The summed E-state index contributed by atoms with van der Waals surface area (Å²) < 4.78 is 19.2. The van der Waals surface area contributed by atoms with E-state index in [0.29, 0.717) is 19.5 Å². The standard InChI is InChI=1S/C16H25FN4O2/c1-5-19-14(21-15(22)23-16(2,3)4)20-13-7-6-11(8-9-18)10-12(13)17/h6-7,10H,5,8-9,18H2,1-4H3,(H2,19,20,21,22). The van der Waals surface area contributed by atoms with Crippen molar-refractivity contribution in [3.05, 3.63) is 29.6 Å². The van der Waals surface area contributed by atoms with E-state index < -0.39 is 17.5 Å². The Morgan fingerprint density at radius 3 is 2.61 bits per heavy atom. The van der Waals surface area contributed by atoms with Gasteiger partial charge in [-0.1, -0.05) is 6.07 Å². The number of ether oxygens (including phenoxy) is 1. The summed E-state index contributed by atoms with van der Waals surface area (Å²) in [4.78, 5) is 15.9. The Labute approximate surface area is 136 Å². The van der Waals surface area contributed by atoms with Gasteiger partial charge in [0, 0.05) is 6.54 Å². The molecule has 0 fully saturated rings. The predicted molar refractivity (Wildman–Crippen MR) is 90.1 cm³/mol. The maximum Gasteiger partial charge on any atom is 0.414 e. The molecule has 4 N–H and O–H groups in total. The molecule has 0 radical (unpaired) electrons. The highest BCUT2D eigenvalue weighted by atomic mass is 19.1. The second-order valence-electron chi connectivity index (χ2n) is 5.93. The summed E-state index contributed by atoms with van der Waals surface area (Å²) in [5, 5.41) is 5.25. The van der Waals surface area contributed by atoms with Gasteiger partial charge in [-0.05, 0) is 58.4 Å². The van der Waals surface area contributed by atoms with Gasteiger partial charge in [-0.3, -0.25) is 10.3 Å². The largest absolute Gasteiger partial charge is 0.444 e. The van der Waals surface area contributed by atoms with E-state index in [-0.39, 0.29) is 11.6 Å². The van der Waals surface area contributed by atoms with Crippen LogP contribution < -0.4 is 16.4 Å². The smallest absolute Gasteiger partial charge is 0.414 e. The molecule has 0 saturated carbocycles. The fourth-order valence-electron chi connectivity index (χ4n) is 1.78. The average Bonchev–Trinajstić information content (AvgIpc) is 2.40. The first kappa shape index (κ1) is 18.9. The van der Waals surface area contributed by atoms with E-state index in [1.54, 1.807) is 39.8 Å². The number of benzene rings is 1. The normalized spacial score (nSPS) is 12.0. The molecule has 23 heavy (non-hydrogen) atoms. The van der Waals surface area contributed by atoms with Gasteiger partial charge in [-0.2, -0.15) is 0 Å². The number of alkyl carbamates (subject to hydrolysis) is 1. The number of rotatable bonds is 4. The van der Waals surface area contributed by atoms with Crippen LogP contribution in [0.2, 0.25) is 0 Å². The molecular weight excluding hydrogens is 299 g/mol. The summed E-state index contributed by atoms with van der Waals surface area (Å²) in [6.45, 7) is 7.95. The molecule has 1 rings (SSSR count). The predicted octanol–water partition coefficient (Wildman–Crippen LogP) is 2.64. The SMILES string of the molecule is CCN=C(NC(=O)OC(C)(C)C)Nc1ccc(CCN)cc1F. The summed E-state index contributed by atoms with van der Waals surface area (Å²) in [5.74, 6) is -0.307. The van der Waals surface area contributed by atoms with Crippen LogP contribution in [0.4, 0.5) is 14.9 Å². The van der Waals surface area contributed by atoms with Crippen LogP contribution in [0.5, 0.6) is 0 Å². The minimum atomic E-state index is -0.655. The van der Waals surface area contributed by atoms with Gasteiger partial charge >= 0.3 is 6.09 Å². The van der Waals surface area contributed by atoms with Crippen LogP contribution in [-0.2, 0) is 11.2 Å². The zero-order valence-corrected chi connectivity index (χ0v) is 14.1. The monoisotopic (exact) mass is 324 g/mol. The van der Waals surface area contributed by atoms with Crippen LogP contribution in [0.25, 0.3) is 0 Å². The molecule has 0 aliphatic carbocycles. The van der Waals surface area contributed by atoms with Crippen molar-refractivity contribution in [3.8, 4) is 0 Å². The van der Waals surface area contributed by atoms with Crippen LogP contribution >= 0.6 is 0 Å². The molecular formula is C16H25FN4O2. The Bertz CT molecular complexity index is 568. The molecule has 6 nitrogen and oxygen atoms in total. The lowest BCUT2D eigenvalue weighted by atomic mass is 10.1. The third kappa shape index (κ3) is 7.10. The van der Waals surface area contributed by atoms with E-state index in [1.807, 2.05) is 0 Å². The third-order valence-corrected chi connectivity index (χ3v) is 2.66. The lowest BCUT2D eigenvalue weighted by Gasteiger charge is -2.20. The van der Waals surface area contributed by atoms with Gasteiger partial charge in [0.2, 0.25) is 5.96 Å². The van der Waals surface area contributed by atoms with E-state index in [1.165, 1.54) is 6.07 Å². The molecule has 0 bridgehead atoms. The zero-order valence-electron chi connectivity index (χ0n) is 14.1. The first-order valence-corrected chi connectivity index (χ1v) is 7.55. The number of guanidine groups is 1. The van der Waals surface area contributed by atoms with Crippen molar-refractivity contribution in [2.45, 2.75) is 39.7 Å². The number of hydrogen-bond acceptors (Lipinski definition) is 4. The van der Waals surface area contributed by atoms with E-state index in [2.05, 4.69) is 15.6 Å². The highest BCUT2D eigenvalue weighted by molar-refractivity contribution is 6.02. The maximum absolute atomic E-state index is 14.1. The van der Waals surface area contributed by atoms with Crippen LogP contribution in [0.15, 0.2) is 23.2 Å². The molecule has 1 aromatic rings. The molecule has 7 heteroatoms. The molecule has 0 heterocycles. The molecule has 0 unspecified atom stereocenters.